The molecule has 0 bridgehead atoms. The molecule has 0 aliphatic carbocycles. The van der Waals surface area contributed by atoms with Crippen LogP contribution in [0, 0.1) is 0 Å². The fraction of sp³-hybridized carbons (Fsp3) is 0.625. The summed E-state index contributed by atoms with van der Waals surface area (Å²) >= 11 is 2.05. The lowest BCUT2D eigenvalue weighted by atomic mass is 10.4. The molecule has 0 saturated heterocycles. The first-order valence-electron chi connectivity index (χ1n) is 7.64. The molecular formula is C16H31PSSi2. The van der Waals surface area contributed by atoms with Crippen molar-refractivity contribution in [2.75, 3.05) is 5.75 Å². The predicted octanol–water partition coefficient (Wildman–Crippen LogP) is 5.62. The summed E-state index contributed by atoms with van der Waals surface area (Å²) in [6.07, 6.45) is 1.26. The highest BCUT2D eigenvalue weighted by molar-refractivity contribution is 7.99. The molecule has 0 spiro atoms. The van der Waals surface area contributed by atoms with E-state index in [2.05, 4.69) is 70.5 Å². The Morgan fingerprint density at radius 2 is 1.55 bits per heavy atom. The molecule has 0 amide bonds. The fourth-order valence-corrected chi connectivity index (χ4v) is 19.5. The molecule has 0 aliphatic heterocycles. The summed E-state index contributed by atoms with van der Waals surface area (Å²) in [5.74, 6) is 1.24. The van der Waals surface area contributed by atoms with Crippen LogP contribution in [-0.4, -0.2) is 26.8 Å². The van der Waals surface area contributed by atoms with E-state index in [1.54, 1.807) is 5.30 Å². The van der Waals surface area contributed by atoms with Crippen LogP contribution in [-0.2, 0) is 0 Å². The first kappa shape index (κ1) is 18.5. The first-order valence-corrected chi connectivity index (χ1v) is 16.9. The minimum atomic E-state index is -1.09. The zero-order valence-corrected chi connectivity index (χ0v) is 18.0. The van der Waals surface area contributed by atoms with Gasteiger partial charge in [0, 0.05) is 21.0 Å². The zero-order chi connectivity index (χ0) is 15.4. The number of thioether (sulfide) groups is 1. The number of rotatable bonds is 7. The molecule has 114 valence electrons. The molecule has 1 aromatic carbocycles. The van der Waals surface area contributed by atoms with E-state index in [-0.39, 0.29) is 0 Å². The smallest absolute Gasteiger partial charge is 0.0492 e. The Bertz CT molecular complexity index is 407. The van der Waals surface area contributed by atoms with E-state index < -0.39 is 16.1 Å². The molecule has 1 unspecified atom stereocenters. The quantitative estimate of drug-likeness (QED) is 0.352. The van der Waals surface area contributed by atoms with Gasteiger partial charge in [-0.2, -0.15) is 0 Å². The monoisotopic (exact) mass is 342 g/mol. The standard InChI is InChI=1S/C16H31PSSi2/c1-8-13-18-15-12-10-9-11-14(15)17-16(19(2,3)4)20(5,6)7/h9-12,16-17H,8,13H2,1-7H3. The Labute approximate surface area is 134 Å². The topological polar surface area (TPSA) is 0 Å². The summed E-state index contributed by atoms with van der Waals surface area (Å²) in [5.41, 5.74) is 0. The van der Waals surface area contributed by atoms with Gasteiger partial charge in [-0.15, -0.1) is 11.8 Å². The molecule has 4 heteroatoms. The molecule has 0 heterocycles. The highest BCUT2D eigenvalue weighted by atomic mass is 32.2. The van der Waals surface area contributed by atoms with Crippen molar-refractivity contribution >= 4 is 41.8 Å². The lowest BCUT2D eigenvalue weighted by Crippen LogP contribution is -2.51. The van der Waals surface area contributed by atoms with Crippen molar-refractivity contribution in [1.29, 1.82) is 0 Å². The van der Waals surface area contributed by atoms with Crippen LogP contribution in [0.25, 0.3) is 0 Å². The minimum Gasteiger partial charge on any atom is -0.126 e. The molecule has 1 atom stereocenters. The lowest BCUT2D eigenvalue weighted by Gasteiger charge is -2.38. The molecule has 1 rings (SSSR count). The predicted molar refractivity (Wildman–Crippen MR) is 106 cm³/mol. The summed E-state index contributed by atoms with van der Waals surface area (Å²) in [6.45, 7) is 17.6. The molecule has 0 N–H and O–H groups in total. The van der Waals surface area contributed by atoms with Crippen LogP contribution in [0.5, 0.6) is 0 Å². The number of hydrogen-bond donors (Lipinski definition) is 0. The molecule has 1 aromatic rings. The van der Waals surface area contributed by atoms with Gasteiger partial charge >= 0.3 is 0 Å². The van der Waals surface area contributed by atoms with Crippen molar-refractivity contribution in [3.05, 3.63) is 24.3 Å². The lowest BCUT2D eigenvalue weighted by molar-refractivity contribution is 1.11. The van der Waals surface area contributed by atoms with Gasteiger partial charge < -0.3 is 0 Å². The average molecular weight is 343 g/mol. The largest absolute Gasteiger partial charge is 0.126 e. The minimum absolute atomic E-state index is 0.985. The summed E-state index contributed by atoms with van der Waals surface area (Å²) in [4.78, 5) is 2.52. The molecule has 0 fully saturated rings. The molecular weight excluding hydrogens is 311 g/mol. The Morgan fingerprint density at radius 3 is 2.05 bits per heavy atom. The van der Waals surface area contributed by atoms with E-state index in [0.29, 0.717) is 0 Å². The second-order valence-corrected chi connectivity index (χ2v) is 22.5. The van der Waals surface area contributed by atoms with Crippen LogP contribution in [0.1, 0.15) is 13.3 Å². The van der Waals surface area contributed by atoms with Crippen molar-refractivity contribution in [3.63, 3.8) is 0 Å². The second-order valence-electron chi connectivity index (χ2n) is 7.65. The van der Waals surface area contributed by atoms with Gasteiger partial charge in [-0.05, 0) is 28.5 Å². The van der Waals surface area contributed by atoms with Crippen molar-refractivity contribution < 1.29 is 0 Å². The second kappa shape index (κ2) is 7.62. The molecule has 0 aliphatic rings. The van der Waals surface area contributed by atoms with E-state index in [0.717, 1.165) is 13.5 Å². The van der Waals surface area contributed by atoms with Crippen LogP contribution < -0.4 is 5.30 Å². The summed E-state index contributed by atoms with van der Waals surface area (Å²) < 4.78 is 0. The van der Waals surface area contributed by atoms with E-state index in [4.69, 9.17) is 0 Å². The van der Waals surface area contributed by atoms with Gasteiger partial charge in [-0.3, -0.25) is 0 Å². The maximum atomic E-state index is 2.56. The van der Waals surface area contributed by atoms with Gasteiger partial charge in [0.2, 0.25) is 0 Å². The molecule has 0 saturated carbocycles. The van der Waals surface area contributed by atoms with Gasteiger partial charge in [0.15, 0.2) is 0 Å². The van der Waals surface area contributed by atoms with E-state index >= 15 is 0 Å². The summed E-state index contributed by atoms with van der Waals surface area (Å²) in [5, 5.41) is 1.63. The Balaban J connectivity index is 3.00. The third kappa shape index (κ3) is 5.67. The van der Waals surface area contributed by atoms with Crippen molar-refractivity contribution in [2.24, 2.45) is 0 Å². The first-order chi connectivity index (χ1) is 9.16. The van der Waals surface area contributed by atoms with Gasteiger partial charge in [0.1, 0.15) is 0 Å². The Kier molecular flexibility index (Phi) is 7.04. The normalized spacial score (nSPS) is 13.6. The van der Waals surface area contributed by atoms with Gasteiger partial charge in [-0.1, -0.05) is 73.0 Å². The van der Waals surface area contributed by atoms with Crippen LogP contribution in [0.3, 0.4) is 0 Å². The highest BCUT2D eigenvalue weighted by Gasteiger charge is 2.37. The van der Waals surface area contributed by atoms with Crippen LogP contribution >= 0.6 is 20.3 Å². The molecule has 0 aromatic heterocycles. The van der Waals surface area contributed by atoms with E-state index in [1.807, 2.05) is 11.8 Å². The van der Waals surface area contributed by atoms with Gasteiger partial charge in [0.25, 0.3) is 0 Å². The van der Waals surface area contributed by atoms with E-state index in [9.17, 15) is 0 Å². The SMILES string of the molecule is CCCSc1ccccc1PC([Si](C)(C)C)[Si](C)(C)C. The molecule has 20 heavy (non-hydrogen) atoms. The highest BCUT2D eigenvalue weighted by Crippen LogP contribution is 2.37. The third-order valence-electron chi connectivity index (χ3n) is 3.38. The maximum absolute atomic E-state index is 2.56. The van der Waals surface area contributed by atoms with Crippen molar-refractivity contribution in [1.82, 2.24) is 0 Å². The Morgan fingerprint density at radius 1 is 1.00 bits per heavy atom. The van der Waals surface area contributed by atoms with Crippen molar-refractivity contribution in [2.45, 2.75) is 62.4 Å². The van der Waals surface area contributed by atoms with Crippen LogP contribution in [0.4, 0.5) is 0 Å². The van der Waals surface area contributed by atoms with Crippen LogP contribution in [0.15, 0.2) is 29.2 Å². The molecule has 0 nitrogen and oxygen atoms in total. The van der Waals surface area contributed by atoms with Crippen molar-refractivity contribution in [3.8, 4) is 0 Å². The molecule has 0 radical (unpaired) electrons. The average Bonchev–Trinajstić information content (AvgIpc) is 2.31. The third-order valence-corrected chi connectivity index (χ3v) is 20.6. The maximum Gasteiger partial charge on any atom is 0.0492 e. The fourth-order valence-electron chi connectivity index (χ4n) is 2.81. The summed E-state index contributed by atoms with van der Waals surface area (Å²) in [7, 11) is -1.18. The van der Waals surface area contributed by atoms with Gasteiger partial charge in [-0.25, -0.2) is 0 Å². The number of hydrogen-bond acceptors (Lipinski definition) is 1. The Hall–Kier alpha value is 0.434. The van der Waals surface area contributed by atoms with Gasteiger partial charge in [0.05, 0.1) is 0 Å². The number of benzene rings is 1. The zero-order valence-electron chi connectivity index (χ0n) is 14.2. The van der Waals surface area contributed by atoms with E-state index in [1.165, 1.54) is 17.1 Å². The van der Waals surface area contributed by atoms with Crippen LogP contribution in [0.2, 0.25) is 39.3 Å². The summed E-state index contributed by atoms with van der Waals surface area (Å²) in [6, 6.07) is 9.13.